The Morgan fingerprint density at radius 3 is 1.52 bits per heavy atom. The average Bonchev–Trinajstić information content (AvgIpc) is 3.84. The number of nitrogens with zero attached hydrogens (tertiary/aromatic N) is 3. The summed E-state index contributed by atoms with van der Waals surface area (Å²) in [6.45, 7) is 0. The minimum atomic E-state index is 0.861. The number of hydrogen-bond acceptors (Lipinski definition) is 1. The Morgan fingerprint density at radius 2 is 0.783 bits per heavy atom. The molecule has 13 aromatic rings. The van der Waals surface area contributed by atoms with Crippen molar-refractivity contribution in [2.24, 2.45) is 0 Å². The van der Waals surface area contributed by atoms with Crippen LogP contribution >= 0.6 is 0 Å². The van der Waals surface area contributed by atoms with Gasteiger partial charge >= 0.3 is 0 Å². The SMILES string of the molecule is c1ccc2cc(-n3c4cccc(c4)c4cccc(c4)n(-c4ccc5c(c4)c4ccccc4n5-c4cccc5ccccc45)c4ccc5oc6ccc3cc6c5c4)ccc2c1. The summed E-state index contributed by atoms with van der Waals surface area (Å²) in [7, 11) is 0. The van der Waals surface area contributed by atoms with E-state index >= 15 is 0 Å². The molecule has 0 saturated carbocycles. The van der Waals surface area contributed by atoms with E-state index in [4.69, 9.17) is 4.42 Å². The highest BCUT2D eigenvalue weighted by atomic mass is 16.3. The second-order valence-electron chi connectivity index (χ2n) is 15.8. The first kappa shape index (κ1) is 32.9. The summed E-state index contributed by atoms with van der Waals surface area (Å²) >= 11 is 0. The van der Waals surface area contributed by atoms with Crippen LogP contribution < -0.4 is 0 Å². The van der Waals surface area contributed by atoms with E-state index in [2.05, 4.69) is 226 Å². The molecule has 0 aliphatic carbocycles. The summed E-state index contributed by atoms with van der Waals surface area (Å²) in [5.74, 6) is 0. The number of hydrogen-bond donors (Lipinski definition) is 0. The third-order valence-electron chi connectivity index (χ3n) is 12.4. The highest BCUT2D eigenvalue weighted by molar-refractivity contribution is 6.12. The maximum Gasteiger partial charge on any atom is 0.135 e. The first-order valence-electron chi connectivity index (χ1n) is 20.5. The lowest BCUT2D eigenvalue weighted by Crippen LogP contribution is -1.98. The van der Waals surface area contributed by atoms with Crippen LogP contribution in [0, 0.1) is 0 Å². The molecule has 0 amide bonds. The minimum absolute atomic E-state index is 0.861. The molecule has 10 aromatic carbocycles. The summed E-state index contributed by atoms with van der Waals surface area (Å²) in [5, 5.41) is 11.7. The van der Waals surface area contributed by atoms with Gasteiger partial charge in [-0.25, -0.2) is 0 Å². The first-order valence-corrected chi connectivity index (χ1v) is 20.5. The molecule has 4 nitrogen and oxygen atoms in total. The number of furan rings is 1. The van der Waals surface area contributed by atoms with E-state index in [0.717, 1.165) is 66.2 Å². The predicted molar refractivity (Wildman–Crippen MR) is 252 cm³/mol. The van der Waals surface area contributed by atoms with Gasteiger partial charge in [0.25, 0.3) is 0 Å². The van der Waals surface area contributed by atoms with E-state index in [1.54, 1.807) is 0 Å². The smallest absolute Gasteiger partial charge is 0.135 e. The van der Waals surface area contributed by atoms with Gasteiger partial charge in [-0.05, 0) is 130 Å². The van der Waals surface area contributed by atoms with Crippen molar-refractivity contribution in [2.75, 3.05) is 0 Å². The van der Waals surface area contributed by atoms with E-state index < -0.39 is 0 Å². The van der Waals surface area contributed by atoms with Gasteiger partial charge in [0, 0.05) is 60.4 Å². The number of aromatic nitrogens is 3. The van der Waals surface area contributed by atoms with Gasteiger partial charge in [-0.1, -0.05) is 109 Å². The lowest BCUT2D eigenvalue weighted by atomic mass is 10.1. The average molecular weight is 766 g/mol. The van der Waals surface area contributed by atoms with E-state index in [1.807, 2.05) is 0 Å². The Morgan fingerprint density at radius 1 is 0.267 bits per heavy atom. The predicted octanol–water partition coefficient (Wildman–Crippen LogP) is 15.2. The maximum absolute atomic E-state index is 6.55. The molecule has 0 N–H and O–H groups in total. The second kappa shape index (κ2) is 12.7. The zero-order chi connectivity index (χ0) is 39.3. The summed E-state index contributed by atoms with van der Waals surface area (Å²) in [4.78, 5) is 0. The number of para-hydroxylation sites is 1. The molecule has 0 saturated heterocycles. The van der Waals surface area contributed by atoms with Crippen LogP contribution in [0.5, 0.6) is 0 Å². The molecule has 0 spiro atoms. The Bertz CT molecular complexity index is 3960. The molecule has 0 aliphatic rings. The first-order chi connectivity index (χ1) is 29.7. The number of fused-ring (bicyclic) bond motifs is 12. The Balaban J connectivity index is 1.13. The highest BCUT2D eigenvalue weighted by Gasteiger charge is 2.17. The van der Waals surface area contributed by atoms with Gasteiger partial charge in [0.15, 0.2) is 0 Å². The Hall–Kier alpha value is -8.08. The standard InChI is InChI=1S/C56H35N3O/c1-2-12-38-30-43(23-22-36(38)10-1)57-41-16-7-14-39(31-41)40-15-8-17-42(32-40)58(46-26-29-56-51(35-46)50-34-45(57)25-28-55(50)60-56)44-24-27-54-49(33-44)48-19-5-6-20-53(48)59(54)52-21-9-13-37-11-3-4-18-47(37)52/h1-35H. The lowest BCUT2D eigenvalue weighted by molar-refractivity contribution is 0.669. The zero-order valence-corrected chi connectivity index (χ0v) is 32.5. The molecule has 0 unspecified atom stereocenters. The molecular weight excluding hydrogens is 731 g/mol. The molecule has 4 heteroatoms. The van der Waals surface area contributed by atoms with Gasteiger partial charge in [0.1, 0.15) is 11.2 Å². The van der Waals surface area contributed by atoms with Crippen molar-refractivity contribution >= 4 is 98.1 Å². The van der Waals surface area contributed by atoms with Gasteiger partial charge in [-0.15, -0.1) is 0 Å². The van der Waals surface area contributed by atoms with Gasteiger partial charge in [-0.2, -0.15) is 0 Å². The van der Waals surface area contributed by atoms with Crippen molar-refractivity contribution in [2.45, 2.75) is 0 Å². The fourth-order valence-corrected chi connectivity index (χ4v) is 9.65. The molecule has 60 heavy (non-hydrogen) atoms. The molecule has 0 radical (unpaired) electrons. The lowest BCUT2D eigenvalue weighted by Gasteiger charge is -2.14. The highest BCUT2D eigenvalue weighted by Crippen LogP contribution is 2.38. The van der Waals surface area contributed by atoms with Crippen molar-refractivity contribution in [3.05, 3.63) is 212 Å². The summed E-state index contributed by atoms with van der Waals surface area (Å²) in [6, 6.07) is 77.3. The second-order valence-corrected chi connectivity index (χ2v) is 15.8. The Labute approximate surface area is 344 Å². The molecule has 8 bridgehead atoms. The van der Waals surface area contributed by atoms with Crippen LogP contribution in [0.1, 0.15) is 0 Å². The summed E-state index contributed by atoms with van der Waals surface area (Å²) in [5.41, 5.74) is 11.7. The quantitative estimate of drug-likeness (QED) is 0.176. The summed E-state index contributed by atoms with van der Waals surface area (Å²) in [6.07, 6.45) is 0. The van der Waals surface area contributed by atoms with Gasteiger partial charge in [0.05, 0.1) is 16.7 Å². The maximum atomic E-state index is 6.55. The molecule has 280 valence electrons. The third kappa shape index (κ3) is 4.98. The largest absolute Gasteiger partial charge is 0.456 e. The van der Waals surface area contributed by atoms with Crippen LogP contribution in [0.4, 0.5) is 0 Å². The fraction of sp³-hybridized carbons (Fsp3) is 0. The van der Waals surface area contributed by atoms with Crippen LogP contribution in [0.15, 0.2) is 217 Å². The number of rotatable bonds is 3. The zero-order valence-electron chi connectivity index (χ0n) is 32.5. The number of benzene rings is 10. The molecule has 0 aliphatic heterocycles. The van der Waals surface area contributed by atoms with Crippen LogP contribution in [-0.2, 0) is 0 Å². The fourth-order valence-electron chi connectivity index (χ4n) is 9.65. The summed E-state index contributed by atoms with van der Waals surface area (Å²) < 4.78 is 13.7. The topological polar surface area (TPSA) is 27.9 Å². The van der Waals surface area contributed by atoms with Gasteiger partial charge in [0.2, 0.25) is 0 Å². The molecule has 13 rings (SSSR count). The molecule has 0 fully saturated rings. The van der Waals surface area contributed by atoms with Crippen molar-refractivity contribution in [3.8, 4) is 17.1 Å². The molecule has 0 atom stereocenters. The van der Waals surface area contributed by atoms with E-state index in [9.17, 15) is 0 Å². The van der Waals surface area contributed by atoms with Crippen LogP contribution in [0.25, 0.3) is 115 Å². The van der Waals surface area contributed by atoms with E-state index in [0.29, 0.717) is 0 Å². The molecule has 3 heterocycles. The van der Waals surface area contributed by atoms with Gasteiger partial charge < -0.3 is 18.1 Å². The minimum Gasteiger partial charge on any atom is -0.456 e. The van der Waals surface area contributed by atoms with Crippen molar-refractivity contribution in [1.82, 2.24) is 13.7 Å². The van der Waals surface area contributed by atoms with Gasteiger partial charge in [-0.3, -0.25) is 0 Å². The van der Waals surface area contributed by atoms with Crippen molar-refractivity contribution in [1.29, 1.82) is 0 Å². The van der Waals surface area contributed by atoms with Crippen molar-refractivity contribution < 1.29 is 4.42 Å². The van der Waals surface area contributed by atoms with E-state index in [1.165, 1.54) is 49.0 Å². The molecule has 3 aromatic heterocycles. The Kier molecular flexibility index (Phi) is 6.98. The molecular formula is C56H35N3O. The van der Waals surface area contributed by atoms with Crippen LogP contribution in [-0.4, -0.2) is 13.7 Å². The monoisotopic (exact) mass is 765 g/mol. The van der Waals surface area contributed by atoms with Crippen LogP contribution in [0.3, 0.4) is 0 Å². The van der Waals surface area contributed by atoms with E-state index in [-0.39, 0.29) is 0 Å². The van der Waals surface area contributed by atoms with Crippen molar-refractivity contribution in [3.63, 3.8) is 0 Å². The van der Waals surface area contributed by atoms with Crippen LogP contribution in [0.2, 0.25) is 0 Å². The third-order valence-corrected chi connectivity index (χ3v) is 12.4. The normalized spacial score (nSPS) is 12.0.